The molecule has 2 heterocycles. The summed E-state index contributed by atoms with van der Waals surface area (Å²) in [6.07, 6.45) is 1.64. The van der Waals surface area contributed by atoms with Gasteiger partial charge in [-0.1, -0.05) is 30.3 Å². The number of hydrogen-bond acceptors (Lipinski definition) is 4. The third-order valence-electron chi connectivity index (χ3n) is 7.67. The van der Waals surface area contributed by atoms with Crippen molar-refractivity contribution in [2.24, 2.45) is 13.0 Å². The summed E-state index contributed by atoms with van der Waals surface area (Å²) >= 11 is 0. The van der Waals surface area contributed by atoms with Crippen molar-refractivity contribution in [2.45, 2.75) is 42.4 Å². The van der Waals surface area contributed by atoms with Gasteiger partial charge in [-0.2, -0.15) is 5.10 Å². The molecule has 0 unspecified atom stereocenters. The number of benzene rings is 2. The fourth-order valence-corrected chi connectivity index (χ4v) is 7.21. The van der Waals surface area contributed by atoms with Gasteiger partial charge in [0, 0.05) is 43.6 Å². The first-order chi connectivity index (χ1) is 17.1. The molecule has 1 fully saturated rings. The zero-order valence-electron chi connectivity index (χ0n) is 20.1. The maximum Gasteiger partial charge on any atom is 0.264 e. The second kappa shape index (κ2) is 8.99. The molecule has 2 aromatic carbocycles. The highest BCUT2D eigenvalue weighted by Crippen LogP contribution is 2.51. The molecule has 0 bridgehead atoms. The Morgan fingerprint density at radius 1 is 1.08 bits per heavy atom. The van der Waals surface area contributed by atoms with Crippen molar-refractivity contribution in [2.75, 3.05) is 22.8 Å². The molecule has 1 amide bonds. The van der Waals surface area contributed by atoms with Crippen LogP contribution in [0.2, 0.25) is 0 Å². The number of anilines is 2. The van der Waals surface area contributed by atoms with E-state index in [2.05, 4.69) is 5.10 Å². The molecule has 7 nitrogen and oxygen atoms in total. The van der Waals surface area contributed by atoms with Crippen LogP contribution in [0.1, 0.15) is 43.2 Å². The number of halogens is 2. The smallest absolute Gasteiger partial charge is 0.264 e. The predicted octanol–water partition coefficient (Wildman–Crippen LogP) is 4.66. The molecule has 0 N–H and O–H groups in total. The number of sulfonamides is 1. The van der Waals surface area contributed by atoms with Gasteiger partial charge >= 0.3 is 0 Å². The van der Waals surface area contributed by atoms with Gasteiger partial charge in [-0.05, 0) is 49.4 Å². The van der Waals surface area contributed by atoms with E-state index in [-0.39, 0.29) is 28.8 Å². The predicted molar refractivity (Wildman–Crippen MR) is 133 cm³/mol. The van der Waals surface area contributed by atoms with Gasteiger partial charge in [0.2, 0.25) is 5.91 Å². The van der Waals surface area contributed by atoms with Crippen molar-refractivity contribution < 1.29 is 22.0 Å². The Hall–Kier alpha value is -3.27. The van der Waals surface area contributed by atoms with Gasteiger partial charge in [0.15, 0.2) is 0 Å². The van der Waals surface area contributed by atoms with E-state index in [4.69, 9.17) is 0 Å². The summed E-state index contributed by atoms with van der Waals surface area (Å²) < 4.78 is 56.2. The zero-order chi connectivity index (χ0) is 25.7. The van der Waals surface area contributed by atoms with Crippen LogP contribution in [0.5, 0.6) is 0 Å². The largest absolute Gasteiger partial charge is 0.300 e. The first-order valence-electron chi connectivity index (χ1n) is 11.9. The van der Waals surface area contributed by atoms with E-state index in [1.165, 1.54) is 16.4 Å². The number of para-hydroxylation sites is 1. The van der Waals surface area contributed by atoms with E-state index in [0.717, 1.165) is 23.5 Å². The lowest BCUT2D eigenvalue weighted by atomic mass is 9.67. The normalized spacial score (nSPS) is 21.7. The van der Waals surface area contributed by atoms with Crippen molar-refractivity contribution in [3.63, 3.8) is 0 Å². The van der Waals surface area contributed by atoms with Crippen molar-refractivity contribution in [3.8, 4) is 0 Å². The van der Waals surface area contributed by atoms with Crippen molar-refractivity contribution >= 4 is 27.4 Å². The number of alkyl halides is 2. The van der Waals surface area contributed by atoms with E-state index in [0.29, 0.717) is 31.4 Å². The number of fused-ring (bicyclic) bond motifs is 2. The molecule has 1 aliphatic carbocycles. The van der Waals surface area contributed by atoms with Crippen LogP contribution in [0.15, 0.2) is 65.7 Å². The topological polar surface area (TPSA) is 75.5 Å². The minimum atomic E-state index is -3.94. The average molecular weight is 515 g/mol. The standard InChI is InChI=1S/C26H28F2N4O3S/c1-30(23-13-16-29-31(23)2)25(33)19-11-14-26(15-12-19)17-32(22-6-4-3-5-21(22)26)36(34,35)20-9-7-18(8-10-20)24(27)28/h3-10,13,16,19,24H,11-12,14-15,17H2,1-2H3. The number of carbonyl (C=O) groups excluding carboxylic acids is 1. The van der Waals surface area contributed by atoms with Gasteiger partial charge in [0.1, 0.15) is 5.82 Å². The molecule has 1 aliphatic heterocycles. The molecule has 1 saturated carbocycles. The number of hydrogen-bond donors (Lipinski definition) is 0. The molecule has 190 valence electrons. The highest BCUT2D eigenvalue weighted by Gasteiger charge is 2.49. The summed E-state index contributed by atoms with van der Waals surface area (Å²) in [5, 5.41) is 4.14. The van der Waals surface area contributed by atoms with Crippen LogP contribution in [0.3, 0.4) is 0 Å². The second-order valence-corrected chi connectivity index (χ2v) is 11.5. The molecule has 0 radical (unpaired) electrons. The first kappa shape index (κ1) is 24.4. The molecule has 0 atom stereocenters. The summed E-state index contributed by atoms with van der Waals surface area (Å²) in [5.41, 5.74) is 0.969. The van der Waals surface area contributed by atoms with Crippen LogP contribution < -0.4 is 9.21 Å². The van der Waals surface area contributed by atoms with Gasteiger partial charge in [-0.15, -0.1) is 0 Å². The lowest BCUT2D eigenvalue weighted by molar-refractivity contribution is -0.123. The molecular weight excluding hydrogens is 486 g/mol. The van der Waals surface area contributed by atoms with Crippen LogP contribution in [0.25, 0.3) is 0 Å². The Morgan fingerprint density at radius 2 is 1.75 bits per heavy atom. The van der Waals surface area contributed by atoms with Crippen LogP contribution in [-0.2, 0) is 27.3 Å². The summed E-state index contributed by atoms with van der Waals surface area (Å²) in [6.45, 7) is 0.268. The minimum absolute atomic E-state index is 0.0135. The monoisotopic (exact) mass is 514 g/mol. The van der Waals surface area contributed by atoms with Crippen molar-refractivity contribution in [3.05, 3.63) is 71.9 Å². The third-order valence-corrected chi connectivity index (χ3v) is 9.45. The number of carbonyl (C=O) groups is 1. The summed E-state index contributed by atoms with van der Waals surface area (Å²) in [5.74, 6) is 0.597. The van der Waals surface area contributed by atoms with Gasteiger partial charge in [-0.25, -0.2) is 17.2 Å². The van der Waals surface area contributed by atoms with E-state index in [9.17, 15) is 22.0 Å². The molecule has 1 spiro atoms. The summed E-state index contributed by atoms with van der Waals surface area (Å²) in [7, 11) is -0.400. The quantitative estimate of drug-likeness (QED) is 0.497. The van der Waals surface area contributed by atoms with E-state index in [1.54, 1.807) is 48.1 Å². The molecular formula is C26H28F2N4O3S. The minimum Gasteiger partial charge on any atom is -0.300 e. The zero-order valence-corrected chi connectivity index (χ0v) is 21.0. The number of rotatable bonds is 5. The van der Waals surface area contributed by atoms with Gasteiger partial charge in [-0.3, -0.25) is 18.7 Å². The van der Waals surface area contributed by atoms with E-state index >= 15 is 0 Å². The Morgan fingerprint density at radius 3 is 2.36 bits per heavy atom. The Kier molecular flexibility index (Phi) is 6.10. The SMILES string of the molecule is CN(C(=O)C1CCC2(CC1)CN(S(=O)(=O)c1ccc(C(F)F)cc1)c1ccccc12)c1ccnn1C. The fourth-order valence-electron chi connectivity index (χ4n) is 5.64. The lowest BCUT2D eigenvalue weighted by Crippen LogP contribution is -2.43. The van der Waals surface area contributed by atoms with Crippen LogP contribution >= 0.6 is 0 Å². The highest BCUT2D eigenvalue weighted by molar-refractivity contribution is 7.92. The lowest BCUT2D eigenvalue weighted by Gasteiger charge is -2.38. The summed E-state index contributed by atoms with van der Waals surface area (Å²) in [6, 6.07) is 14.1. The van der Waals surface area contributed by atoms with Crippen LogP contribution in [0, 0.1) is 5.92 Å². The van der Waals surface area contributed by atoms with Gasteiger partial charge in [0.05, 0.1) is 16.8 Å². The fraction of sp³-hybridized carbons (Fsp3) is 0.385. The molecule has 0 saturated heterocycles. The average Bonchev–Trinajstić information content (AvgIpc) is 3.46. The third kappa shape index (κ3) is 3.97. The first-order valence-corrected chi connectivity index (χ1v) is 13.3. The highest BCUT2D eigenvalue weighted by atomic mass is 32.2. The van der Waals surface area contributed by atoms with Gasteiger partial charge < -0.3 is 0 Å². The van der Waals surface area contributed by atoms with Crippen LogP contribution in [-0.4, -0.2) is 37.7 Å². The molecule has 36 heavy (non-hydrogen) atoms. The Balaban J connectivity index is 1.39. The molecule has 10 heteroatoms. The molecule has 3 aromatic rings. The van der Waals surface area contributed by atoms with Gasteiger partial charge in [0.25, 0.3) is 16.4 Å². The number of aryl methyl sites for hydroxylation is 1. The van der Waals surface area contributed by atoms with Crippen molar-refractivity contribution in [1.29, 1.82) is 0 Å². The second-order valence-electron chi connectivity index (χ2n) is 9.66. The van der Waals surface area contributed by atoms with E-state index < -0.39 is 21.9 Å². The maximum atomic E-state index is 13.6. The van der Waals surface area contributed by atoms with Crippen molar-refractivity contribution in [1.82, 2.24) is 9.78 Å². The Labute approximate surface area is 209 Å². The molecule has 2 aliphatic rings. The maximum absolute atomic E-state index is 13.6. The number of aromatic nitrogens is 2. The Bertz CT molecular complexity index is 1380. The summed E-state index contributed by atoms with van der Waals surface area (Å²) in [4.78, 5) is 14.8. The molecule has 1 aromatic heterocycles. The number of nitrogens with zero attached hydrogens (tertiary/aromatic N) is 4. The van der Waals surface area contributed by atoms with E-state index in [1.807, 2.05) is 12.1 Å². The van der Waals surface area contributed by atoms with Crippen LogP contribution in [0.4, 0.5) is 20.3 Å². The number of amides is 1. The molecule has 5 rings (SSSR count).